The zero-order valence-corrected chi connectivity index (χ0v) is 17.7. The van der Waals surface area contributed by atoms with Crippen LogP contribution in [0.25, 0.3) is 0 Å². The average Bonchev–Trinajstić information content (AvgIpc) is 3.27. The summed E-state index contributed by atoms with van der Waals surface area (Å²) in [6.07, 6.45) is 7.16. The van der Waals surface area contributed by atoms with E-state index in [0.717, 1.165) is 57.4 Å². The first-order valence-corrected chi connectivity index (χ1v) is 11.0. The SMILES string of the molecule is CCOc1cccc(CN2CCC[C@H](n3cc(C(=O)N4CCCCC4)nn3)C2)c1O. The molecular weight excluding hydrogens is 382 g/mol. The molecule has 1 amide bonds. The van der Waals surface area contributed by atoms with Gasteiger partial charge in [-0.1, -0.05) is 17.3 Å². The Balaban J connectivity index is 1.40. The topological polar surface area (TPSA) is 83.7 Å². The minimum atomic E-state index is -0.00808. The molecule has 2 aliphatic rings. The number of aromatic hydroxyl groups is 1. The van der Waals surface area contributed by atoms with Gasteiger partial charge < -0.3 is 14.7 Å². The second-order valence-electron chi connectivity index (χ2n) is 8.16. The van der Waals surface area contributed by atoms with E-state index in [1.54, 1.807) is 12.3 Å². The molecule has 2 fully saturated rings. The third-order valence-electron chi connectivity index (χ3n) is 6.00. The number of hydrogen-bond donors (Lipinski definition) is 1. The Kier molecular flexibility index (Phi) is 6.52. The number of hydrogen-bond acceptors (Lipinski definition) is 6. The molecule has 0 radical (unpaired) electrons. The Morgan fingerprint density at radius 3 is 2.83 bits per heavy atom. The Bertz CT molecular complexity index is 862. The lowest BCUT2D eigenvalue weighted by molar-refractivity contribution is 0.0718. The molecule has 0 bridgehead atoms. The maximum Gasteiger partial charge on any atom is 0.276 e. The minimum Gasteiger partial charge on any atom is -0.504 e. The van der Waals surface area contributed by atoms with Crippen LogP contribution in [0.5, 0.6) is 11.5 Å². The zero-order chi connectivity index (χ0) is 20.9. The lowest BCUT2D eigenvalue weighted by Crippen LogP contribution is -2.36. The van der Waals surface area contributed by atoms with E-state index < -0.39 is 0 Å². The van der Waals surface area contributed by atoms with Crippen LogP contribution in [0.4, 0.5) is 0 Å². The third-order valence-corrected chi connectivity index (χ3v) is 6.00. The van der Waals surface area contributed by atoms with Gasteiger partial charge in [0.05, 0.1) is 18.8 Å². The summed E-state index contributed by atoms with van der Waals surface area (Å²) in [5.74, 6) is 0.739. The highest BCUT2D eigenvalue weighted by molar-refractivity contribution is 5.91. The number of rotatable bonds is 6. The van der Waals surface area contributed by atoms with Crippen LogP contribution < -0.4 is 4.74 Å². The summed E-state index contributed by atoms with van der Waals surface area (Å²) >= 11 is 0. The maximum absolute atomic E-state index is 12.7. The molecule has 2 aliphatic heterocycles. The molecule has 0 spiro atoms. The number of amides is 1. The fourth-order valence-electron chi connectivity index (χ4n) is 4.41. The minimum absolute atomic E-state index is 0.00808. The summed E-state index contributed by atoms with van der Waals surface area (Å²) in [5.41, 5.74) is 1.30. The van der Waals surface area contributed by atoms with E-state index in [9.17, 15) is 9.90 Å². The second kappa shape index (κ2) is 9.47. The summed E-state index contributed by atoms with van der Waals surface area (Å²) in [7, 11) is 0. The van der Waals surface area contributed by atoms with Crippen molar-refractivity contribution < 1.29 is 14.6 Å². The molecule has 30 heavy (non-hydrogen) atoms. The van der Waals surface area contributed by atoms with Gasteiger partial charge in [0.2, 0.25) is 0 Å². The molecule has 0 saturated carbocycles. The van der Waals surface area contributed by atoms with Crippen molar-refractivity contribution in [1.29, 1.82) is 0 Å². The monoisotopic (exact) mass is 413 g/mol. The molecule has 4 rings (SSSR count). The van der Waals surface area contributed by atoms with Gasteiger partial charge in [0.25, 0.3) is 5.91 Å². The zero-order valence-electron chi connectivity index (χ0n) is 17.7. The summed E-state index contributed by atoms with van der Waals surface area (Å²) in [6.45, 7) is 6.47. The van der Waals surface area contributed by atoms with Crippen LogP contribution in [-0.4, -0.2) is 68.6 Å². The van der Waals surface area contributed by atoms with E-state index in [-0.39, 0.29) is 17.7 Å². The molecule has 2 saturated heterocycles. The van der Waals surface area contributed by atoms with E-state index in [1.165, 1.54) is 6.42 Å². The van der Waals surface area contributed by atoms with Crippen LogP contribution >= 0.6 is 0 Å². The van der Waals surface area contributed by atoms with Gasteiger partial charge in [0.15, 0.2) is 17.2 Å². The fourth-order valence-corrected chi connectivity index (χ4v) is 4.41. The maximum atomic E-state index is 12.7. The van der Waals surface area contributed by atoms with Crippen molar-refractivity contribution in [2.24, 2.45) is 0 Å². The standard InChI is InChI=1S/C22H31N5O3/c1-2-30-20-10-6-8-17(21(20)28)14-25-11-7-9-18(15-25)27-16-19(23-24-27)22(29)26-12-4-3-5-13-26/h6,8,10,16,18,28H,2-5,7,9,11-15H2,1H3/t18-/m0/s1. The van der Waals surface area contributed by atoms with E-state index in [0.29, 0.717) is 24.6 Å². The van der Waals surface area contributed by atoms with Crippen molar-refractivity contribution in [2.45, 2.75) is 51.6 Å². The fraction of sp³-hybridized carbons (Fsp3) is 0.591. The highest BCUT2D eigenvalue weighted by atomic mass is 16.5. The van der Waals surface area contributed by atoms with Gasteiger partial charge in [0.1, 0.15) is 0 Å². The number of carbonyl (C=O) groups excluding carboxylic acids is 1. The molecule has 1 aromatic heterocycles. The number of carbonyl (C=O) groups is 1. The molecule has 3 heterocycles. The summed E-state index contributed by atoms with van der Waals surface area (Å²) in [5, 5.41) is 18.9. The first kappa shape index (κ1) is 20.7. The normalized spacial score (nSPS) is 20.3. The molecule has 1 N–H and O–H groups in total. The largest absolute Gasteiger partial charge is 0.504 e. The van der Waals surface area contributed by atoms with Gasteiger partial charge >= 0.3 is 0 Å². The molecule has 8 heteroatoms. The number of piperidine rings is 2. The van der Waals surface area contributed by atoms with Gasteiger partial charge in [-0.15, -0.1) is 5.10 Å². The first-order valence-electron chi connectivity index (χ1n) is 11.0. The molecule has 0 aliphatic carbocycles. The summed E-state index contributed by atoms with van der Waals surface area (Å²) in [4.78, 5) is 16.9. The van der Waals surface area contributed by atoms with Crippen molar-refractivity contribution in [3.05, 3.63) is 35.7 Å². The Hall–Kier alpha value is -2.61. The van der Waals surface area contributed by atoms with Crippen LogP contribution in [0, 0.1) is 0 Å². The number of phenols is 1. The van der Waals surface area contributed by atoms with Gasteiger partial charge in [-0.3, -0.25) is 9.69 Å². The van der Waals surface area contributed by atoms with Crippen molar-refractivity contribution in [1.82, 2.24) is 24.8 Å². The molecule has 162 valence electrons. The molecule has 0 unspecified atom stereocenters. The summed E-state index contributed by atoms with van der Waals surface area (Å²) < 4.78 is 7.35. The Labute approximate surface area is 177 Å². The second-order valence-corrected chi connectivity index (χ2v) is 8.16. The van der Waals surface area contributed by atoms with Crippen molar-refractivity contribution in [3.8, 4) is 11.5 Å². The number of benzene rings is 1. The van der Waals surface area contributed by atoms with Crippen LogP contribution in [-0.2, 0) is 6.54 Å². The van der Waals surface area contributed by atoms with E-state index in [2.05, 4.69) is 15.2 Å². The van der Waals surface area contributed by atoms with Gasteiger partial charge in [-0.2, -0.15) is 0 Å². The highest BCUT2D eigenvalue weighted by Crippen LogP contribution is 2.32. The summed E-state index contributed by atoms with van der Waals surface area (Å²) in [6, 6.07) is 5.81. The van der Waals surface area contributed by atoms with Crippen molar-refractivity contribution in [3.63, 3.8) is 0 Å². The first-order chi connectivity index (χ1) is 14.7. The van der Waals surface area contributed by atoms with Crippen LogP contribution in [0.1, 0.15) is 61.1 Å². The van der Waals surface area contributed by atoms with Crippen molar-refractivity contribution >= 4 is 5.91 Å². The van der Waals surface area contributed by atoms with Gasteiger partial charge in [0, 0.05) is 31.7 Å². The van der Waals surface area contributed by atoms with E-state index >= 15 is 0 Å². The lowest BCUT2D eigenvalue weighted by atomic mass is 10.0. The molecular formula is C22H31N5O3. The average molecular weight is 414 g/mol. The number of likely N-dealkylation sites (tertiary alicyclic amines) is 2. The number of aromatic nitrogens is 3. The van der Waals surface area contributed by atoms with Crippen molar-refractivity contribution in [2.75, 3.05) is 32.8 Å². The molecule has 1 atom stereocenters. The Morgan fingerprint density at radius 2 is 2.03 bits per heavy atom. The Morgan fingerprint density at radius 1 is 1.20 bits per heavy atom. The van der Waals surface area contributed by atoms with E-state index in [1.807, 2.05) is 28.6 Å². The predicted octanol–water partition coefficient (Wildman–Crippen LogP) is 2.85. The number of nitrogens with zero attached hydrogens (tertiary/aromatic N) is 5. The number of para-hydroxylation sites is 1. The van der Waals surface area contributed by atoms with Gasteiger partial charge in [-0.25, -0.2) is 4.68 Å². The lowest BCUT2D eigenvalue weighted by Gasteiger charge is -2.32. The van der Waals surface area contributed by atoms with Crippen LogP contribution in [0.15, 0.2) is 24.4 Å². The van der Waals surface area contributed by atoms with Gasteiger partial charge in [-0.05, 0) is 51.6 Å². The molecule has 8 nitrogen and oxygen atoms in total. The molecule has 1 aromatic carbocycles. The van der Waals surface area contributed by atoms with Crippen LogP contribution in [0.2, 0.25) is 0 Å². The highest BCUT2D eigenvalue weighted by Gasteiger charge is 2.26. The predicted molar refractivity (Wildman–Crippen MR) is 113 cm³/mol. The molecule has 2 aromatic rings. The van der Waals surface area contributed by atoms with E-state index in [4.69, 9.17) is 4.74 Å². The van der Waals surface area contributed by atoms with Crippen LogP contribution in [0.3, 0.4) is 0 Å². The third kappa shape index (κ3) is 4.59. The quantitative estimate of drug-likeness (QED) is 0.784. The number of ether oxygens (including phenoxy) is 1. The smallest absolute Gasteiger partial charge is 0.276 e. The number of phenolic OH excluding ortho intramolecular Hbond substituents is 1.